The second-order valence-corrected chi connectivity index (χ2v) is 11.1. The number of hydrogen-bond donors (Lipinski definition) is 2. The van der Waals surface area contributed by atoms with Gasteiger partial charge in [-0.25, -0.2) is 0 Å². The Kier molecular flexibility index (Phi) is 7.67. The first kappa shape index (κ1) is 27.4. The van der Waals surface area contributed by atoms with Gasteiger partial charge in [-0.3, -0.25) is 14.5 Å². The number of ether oxygens (including phenoxy) is 1. The average Bonchev–Trinajstić information content (AvgIpc) is 3.68. The number of hydrogen-bond acceptors (Lipinski definition) is 6. The summed E-state index contributed by atoms with van der Waals surface area (Å²) < 4.78 is 5.37. The van der Waals surface area contributed by atoms with E-state index < -0.39 is 0 Å². The Bertz CT molecular complexity index is 1670. The summed E-state index contributed by atoms with van der Waals surface area (Å²) in [6.45, 7) is 5.67. The van der Waals surface area contributed by atoms with E-state index in [9.17, 15) is 9.59 Å². The van der Waals surface area contributed by atoms with Gasteiger partial charge in [0.25, 0.3) is 5.91 Å². The smallest absolute Gasteiger partial charge is 0.251 e. The predicted molar refractivity (Wildman–Crippen MR) is 162 cm³/mol. The Morgan fingerprint density at radius 1 is 1.00 bits per heavy atom. The highest BCUT2D eigenvalue weighted by molar-refractivity contribution is 5.95. The fourth-order valence-corrected chi connectivity index (χ4v) is 6.18. The summed E-state index contributed by atoms with van der Waals surface area (Å²) in [7, 11) is 0. The van der Waals surface area contributed by atoms with Gasteiger partial charge in [0.15, 0.2) is 5.75 Å². The highest BCUT2D eigenvalue weighted by atomic mass is 17.2. The molecule has 3 aliphatic heterocycles. The van der Waals surface area contributed by atoms with Gasteiger partial charge in [0, 0.05) is 66.5 Å². The van der Waals surface area contributed by atoms with Crippen LogP contribution in [0.25, 0.3) is 17.0 Å². The molecule has 4 heterocycles. The molecule has 1 unspecified atom stereocenters. The summed E-state index contributed by atoms with van der Waals surface area (Å²) in [5, 5.41) is 4.18. The largest absolute Gasteiger partial charge is 0.379 e. The van der Waals surface area contributed by atoms with Crippen LogP contribution in [0.5, 0.6) is 5.75 Å². The van der Waals surface area contributed by atoms with Crippen LogP contribution in [0.1, 0.15) is 44.3 Å². The van der Waals surface area contributed by atoms with Crippen molar-refractivity contribution in [3.63, 3.8) is 0 Å². The Morgan fingerprint density at radius 3 is 2.70 bits per heavy atom. The normalized spacial score (nSPS) is 18.4. The molecule has 3 aliphatic rings. The molecule has 0 bridgehead atoms. The molecular weight excluding hydrogens is 544 g/mol. The Balaban J connectivity index is 1.07. The number of carbonyl (C=O) groups is 2. The molecular formula is C34H34N4O5. The molecule has 0 spiro atoms. The first-order chi connectivity index (χ1) is 21.1. The molecule has 4 aromatic rings. The lowest BCUT2D eigenvalue weighted by atomic mass is 9.91. The number of H-pyrrole nitrogens is 1. The average molecular weight is 579 g/mol. The summed E-state index contributed by atoms with van der Waals surface area (Å²) >= 11 is 0. The van der Waals surface area contributed by atoms with Gasteiger partial charge >= 0.3 is 0 Å². The van der Waals surface area contributed by atoms with E-state index in [4.69, 9.17) is 14.5 Å². The van der Waals surface area contributed by atoms with Gasteiger partial charge in [0.05, 0.1) is 19.3 Å². The molecule has 2 N–H and O–H groups in total. The van der Waals surface area contributed by atoms with E-state index in [1.807, 2.05) is 41.3 Å². The lowest BCUT2D eigenvalue weighted by Gasteiger charge is -2.35. The molecule has 0 aliphatic carbocycles. The van der Waals surface area contributed by atoms with E-state index in [1.165, 1.54) is 10.9 Å². The van der Waals surface area contributed by atoms with Crippen molar-refractivity contribution >= 4 is 28.8 Å². The SMILES string of the molecule is O=C(NCCN1CCOCC1)c1ccc(/C=C/C(=O)N2CCc3c([nH]c4ccccc34)C2c2ccc3c(c2)OOC3)cc1. The van der Waals surface area contributed by atoms with Crippen LogP contribution in [0.3, 0.4) is 0 Å². The van der Waals surface area contributed by atoms with Crippen LogP contribution in [0.15, 0.2) is 72.8 Å². The van der Waals surface area contributed by atoms with Crippen molar-refractivity contribution in [3.05, 3.63) is 106 Å². The molecule has 1 fully saturated rings. The van der Waals surface area contributed by atoms with Crippen molar-refractivity contribution in [1.29, 1.82) is 0 Å². The summed E-state index contributed by atoms with van der Waals surface area (Å²) in [4.78, 5) is 44.7. The van der Waals surface area contributed by atoms with Crippen LogP contribution in [0.4, 0.5) is 0 Å². The maximum absolute atomic E-state index is 13.7. The van der Waals surface area contributed by atoms with Gasteiger partial charge in [-0.15, -0.1) is 0 Å². The zero-order valence-corrected chi connectivity index (χ0v) is 23.9. The molecule has 1 aromatic heterocycles. The third-order valence-electron chi connectivity index (χ3n) is 8.50. The van der Waals surface area contributed by atoms with Crippen LogP contribution in [-0.4, -0.2) is 72.5 Å². The molecule has 43 heavy (non-hydrogen) atoms. The van der Waals surface area contributed by atoms with Crippen LogP contribution >= 0.6 is 0 Å². The van der Waals surface area contributed by atoms with E-state index >= 15 is 0 Å². The summed E-state index contributed by atoms with van der Waals surface area (Å²) in [5.74, 6) is 0.500. The molecule has 1 atom stereocenters. The van der Waals surface area contributed by atoms with Crippen molar-refractivity contribution in [1.82, 2.24) is 20.1 Å². The maximum atomic E-state index is 13.7. The number of nitrogens with zero attached hydrogens (tertiary/aromatic N) is 2. The van der Waals surface area contributed by atoms with E-state index in [0.29, 0.717) is 31.0 Å². The number of aromatic amines is 1. The quantitative estimate of drug-likeness (QED) is 0.252. The summed E-state index contributed by atoms with van der Waals surface area (Å²) in [6.07, 6.45) is 4.18. The number of rotatable bonds is 7. The van der Waals surface area contributed by atoms with Crippen LogP contribution in [0.2, 0.25) is 0 Å². The van der Waals surface area contributed by atoms with Gasteiger partial charge in [0.1, 0.15) is 6.61 Å². The van der Waals surface area contributed by atoms with Crippen molar-refractivity contribution < 1.29 is 24.1 Å². The number of carbonyl (C=O) groups excluding carboxylic acids is 2. The zero-order chi connectivity index (χ0) is 29.2. The highest BCUT2D eigenvalue weighted by Gasteiger charge is 2.34. The minimum absolute atomic E-state index is 0.0862. The van der Waals surface area contributed by atoms with Gasteiger partial charge < -0.3 is 24.8 Å². The molecule has 9 heteroatoms. The fraction of sp³-hybridized carbons (Fsp3) is 0.294. The van der Waals surface area contributed by atoms with Crippen molar-refractivity contribution in [2.45, 2.75) is 19.1 Å². The maximum Gasteiger partial charge on any atom is 0.251 e. The third kappa shape index (κ3) is 5.67. The molecule has 7 rings (SSSR count). The molecule has 2 amide bonds. The molecule has 0 saturated carbocycles. The Morgan fingerprint density at radius 2 is 1.84 bits per heavy atom. The Hall–Kier alpha value is -4.44. The zero-order valence-electron chi connectivity index (χ0n) is 23.9. The number of amides is 2. The van der Waals surface area contributed by atoms with Gasteiger partial charge in [-0.05, 0) is 53.5 Å². The van der Waals surface area contributed by atoms with E-state index in [-0.39, 0.29) is 17.9 Å². The van der Waals surface area contributed by atoms with Crippen LogP contribution in [-0.2, 0) is 27.4 Å². The molecule has 3 aromatic carbocycles. The molecule has 1 saturated heterocycles. The number of nitrogens with one attached hydrogen (secondary N) is 2. The summed E-state index contributed by atoms with van der Waals surface area (Å²) in [6, 6.07) is 21.3. The minimum atomic E-state index is -0.300. The predicted octanol–water partition coefficient (Wildman–Crippen LogP) is 4.24. The lowest BCUT2D eigenvalue weighted by Crippen LogP contribution is -2.41. The van der Waals surface area contributed by atoms with Gasteiger partial charge in [-0.1, -0.05) is 42.5 Å². The van der Waals surface area contributed by atoms with Crippen molar-refractivity contribution in [3.8, 4) is 5.75 Å². The number of aromatic nitrogens is 1. The number of fused-ring (bicyclic) bond motifs is 4. The first-order valence-corrected chi connectivity index (χ1v) is 14.8. The second kappa shape index (κ2) is 12.0. The monoisotopic (exact) mass is 578 g/mol. The Labute approximate surface area is 250 Å². The number of benzene rings is 3. The van der Waals surface area contributed by atoms with Crippen molar-refractivity contribution in [2.24, 2.45) is 0 Å². The standard InChI is InChI=1S/C34H34N4O5/c39-31(12-7-23-5-8-24(9-6-23)34(40)35-14-16-37-17-19-41-20-18-37)38-15-13-28-27-3-1-2-4-29(27)36-32(28)33(38)25-10-11-26-22-42-43-30(26)21-25/h1-12,21,33,36H,13-20,22H2,(H,35,40)/b12-7+. The van der Waals surface area contributed by atoms with Gasteiger partial charge in [-0.2, -0.15) is 4.89 Å². The van der Waals surface area contributed by atoms with Crippen LogP contribution in [0, 0.1) is 0 Å². The lowest BCUT2D eigenvalue weighted by molar-refractivity contribution is -0.194. The number of morpholine rings is 1. The fourth-order valence-electron chi connectivity index (χ4n) is 6.18. The first-order valence-electron chi connectivity index (χ1n) is 14.8. The third-order valence-corrected chi connectivity index (χ3v) is 8.50. The minimum Gasteiger partial charge on any atom is -0.379 e. The molecule has 9 nitrogen and oxygen atoms in total. The summed E-state index contributed by atoms with van der Waals surface area (Å²) in [5.41, 5.74) is 6.72. The van der Waals surface area contributed by atoms with Crippen LogP contribution < -0.4 is 10.2 Å². The van der Waals surface area contributed by atoms with Crippen molar-refractivity contribution in [2.75, 3.05) is 45.9 Å². The second-order valence-electron chi connectivity index (χ2n) is 11.1. The molecule has 0 radical (unpaired) electrons. The topological polar surface area (TPSA) is 96.1 Å². The van der Waals surface area contributed by atoms with E-state index in [2.05, 4.69) is 33.4 Å². The molecule has 220 valence electrons. The van der Waals surface area contributed by atoms with Gasteiger partial charge in [0.2, 0.25) is 5.91 Å². The van der Waals surface area contributed by atoms with E-state index in [1.54, 1.807) is 24.3 Å². The highest BCUT2D eigenvalue weighted by Crippen LogP contribution is 2.40. The van der Waals surface area contributed by atoms with E-state index in [0.717, 1.165) is 67.2 Å². The number of para-hydroxylation sites is 1.